The van der Waals surface area contributed by atoms with Crippen LogP contribution in [0.1, 0.15) is 31.9 Å². The van der Waals surface area contributed by atoms with Crippen LogP contribution in [0.4, 0.5) is 11.4 Å². The van der Waals surface area contributed by atoms with Gasteiger partial charge in [0.1, 0.15) is 0 Å². The molecule has 0 unspecified atom stereocenters. The van der Waals surface area contributed by atoms with Crippen molar-refractivity contribution in [3.05, 3.63) is 41.5 Å². The Morgan fingerprint density at radius 2 is 1.46 bits per heavy atom. The van der Waals surface area contributed by atoms with Gasteiger partial charge < -0.3 is 18.7 Å². The fourth-order valence-electron chi connectivity index (χ4n) is 4.54. The molecule has 0 fully saturated rings. The molecular formula is C23H34N2O2Si. The van der Waals surface area contributed by atoms with E-state index in [0.717, 1.165) is 6.42 Å². The van der Waals surface area contributed by atoms with Crippen molar-refractivity contribution in [2.75, 3.05) is 52.2 Å². The zero-order valence-corrected chi connectivity index (χ0v) is 19.8. The van der Waals surface area contributed by atoms with Gasteiger partial charge in [-0.3, -0.25) is 0 Å². The van der Waals surface area contributed by atoms with Gasteiger partial charge in [-0.2, -0.15) is 0 Å². The van der Waals surface area contributed by atoms with Crippen LogP contribution < -0.4 is 15.0 Å². The van der Waals surface area contributed by atoms with Crippen molar-refractivity contribution in [1.82, 2.24) is 0 Å². The van der Waals surface area contributed by atoms with Crippen molar-refractivity contribution in [2.24, 2.45) is 0 Å². The third-order valence-corrected chi connectivity index (χ3v) is 10.3. The maximum atomic E-state index is 6.30. The lowest BCUT2D eigenvalue weighted by Crippen LogP contribution is -2.61. The molecule has 3 rings (SSSR count). The second-order valence-corrected chi connectivity index (χ2v) is 13.1. The Labute approximate surface area is 171 Å². The van der Waals surface area contributed by atoms with Gasteiger partial charge in [0.15, 0.2) is 0 Å². The average molecular weight is 399 g/mol. The Hall–Kier alpha value is -1.82. The molecule has 0 atom stereocenters. The summed E-state index contributed by atoms with van der Waals surface area (Å²) in [7, 11) is 9.29. The van der Waals surface area contributed by atoms with Crippen LogP contribution >= 0.6 is 0 Å². The highest BCUT2D eigenvalue weighted by Crippen LogP contribution is 2.44. The number of rotatable bonds is 5. The summed E-state index contributed by atoms with van der Waals surface area (Å²) in [6, 6.07) is 11.3. The largest absolute Gasteiger partial charge is 0.394 e. The van der Waals surface area contributed by atoms with E-state index in [2.05, 4.69) is 89.1 Å². The molecule has 0 saturated heterocycles. The topological polar surface area (TPSA) is 24.9 Å². The van der Waals surface area contributed by atoms with E-state index in [1.54, 1.807) is 0 Å². The molecule has 4 nitrogen and oxygen atoms in total. The first-order valence-corrected chi connectivity index (χ1v) is 11.6. The fourth-order valence-corrected chi connectivity index (χ4v) is 8.36. The van der Waals surface area contributed by atoms with Gasteiger partial charge in [0.25, 0.3) is 0 Å². The lowest BCUT2D eigenvalue weighted by atomic mass is 10.0. The van der Waals surface area contributed by atoms with Gasteiger partial charge >= 0.3 is 8.56 Å². The SMILES string of the molecule is CO[Si](OC)(c1c(N(C)C)ccc2c1Cc1cc(N(C)C)ccc1-2)C(C)(C)C. The lowest BCUT2D eigenvalue weighted by molar-refractivity contribution is 0.230. The summed E-state index contributed by atoms with van der Waals surface area (Å²) in [5, 5.41) is 1.16. The van der Waals surface area contributed by atoms with Crippen molar-refractivity contribution in [3.63, 3.8) is 0 Å². The monoisotopic (exact) mass is 398 g/mol. The highest BCUT2D eigenvalue weighted by Gasteiger charge is 2.53. The minimum absolute atomic E-state index is 0.111. The van der Waals surface area contributed by atoms with E-state index in [1.165, 1.54) is 38.8 Å². The minimum Gasteiger partial charge on any atom is -0.394 e. The van der Waals surface area contributed by atoms with Crippen molar-refractivity contribution in [1.29, 1.82) is 0 Å². The van der Waals surface area contributed by atoms with Crippen molar-refractivity contribution >= 4 is 25.1 Å². The number of hydrogen-bond acceptors (Lipinski definition) is 4. The number of hydrogen-bond donors (Lipinski definition) is 0. The molecule has 2 aromatic carbocycles. The van der Waals surface area contributed by atoms with Crippen molar-refractivity contribution in [2.45, 2.75) is 32.2 Å². The summed E-state index contributed by atoms with van der Waals surface area (Å²) in [5.41, 5.74) is 7.82. The molecule has 0 aliphatic heterocycles. The molecule has 1 aliphatic rings. The predicted octanol–water partition coefficient (Wildman–Crippen LogP) is 4.13. The first-order chi connectivity index (χ1) is 13.1. The van der Waals surface area contributed by atoms with Crippen molar-refractivity contribution in [3.8, 4) is 11.1 Å². The van der Waals surface area contributed by atoms with Crippen LogP contribution in [0.3, 0.4) is 0 Å². The van der Waals surface area contributed by atoms with Crippen LogP contribution in [0.15, 0.2) is 30.3 Å². The van der Waals surface area contributed by atoms with E-state index in [-0.39, 0.29) is 5.04 Å². The predicted molar refractivity (Wildman–Crippen MR) is 122 cm³/mol. The molecule has 0 amide bonds. The van der Waals surface area contributed by atoms with Crippen LogP contribution in [-0.4, -0.2) is 51.0 Å². The molecule has 0 heterocycles. The standard InChI is InChI=1S/C23H34N2O2Si/c1-23(2,3)28(26-8,27-9)22-20-15-16-14-17(24(4)5)10-11-18(16)19(20)12-13-21(22)25(6)7/h10-14H,15H2,1-9H3. The minimum atomic E-state index is -2.71. The van der Waals surface area contributed by atoms with Gasteiger partial charge in [-0.25, -0.2) is 0 Å². The zero-order valence-electron chi connectivity index (χ0n) is 18.8. The first kappa shape index (κ1) is 20.9. The molecule has 2 aromatic rings. The van der Waals surface area contributed by atoms with Crippen LogP contribution in [0.25, 0.3) is 11.1 Å². The van der Waals surface area contributed by atoms with E-state index in [4.69, 9.17) is 8.85 Å². The second kappa shape index (κ2) is 7.21. The van der Waals surface area contributed by atoms with E-state index in [9.17, 15) is 0 Å². The van der Waals surface area contributed by atoms with E-state index in [1.807, 2.05) is 14.2 Å². The van der Waals surface area contributed by atoms with E-state index >= 15 is 0 Å². The molecule has 1 aliphatic carbocycles. The third-order valence-electron chi connectivity index (χ3n) is 5.93. The lowest BCUT2D eigenvalue weighted by Gasteiger charge is -2.41. The van der Waals surface area contributed by atoms with Crippen LogP contribution in [0.5, 0.6) is 0 Å². The van der Waals surface area contributed by atoms with Crippen molar-refractivity contribution < 1.29 is 8.85 Å². The molecule has 0 spiro atoms. The number of nitrogens with zero attached hydrogens (tertiary/aromatic N) is 2. The van der Waals surface area contributed by atoms with Gasteiger partial charge in [-0.1, -0.05) is 32.9 Å². The van der Waals surface area contributed by atoms with Crippen LogP contribution in [-0.2, 0) is 15.3 Å². The summed E-state index contributed by atoms with van der Waals surface area (Å²) >= 11 is 0. The average Bonchev–Trinajstić information content (AvgIpc) is 2.99. The van der Waals surface area contributed by atoms with Crippen LogP contribution in [0, 0.1) is 0 Å². The highest BCUT2D eigenvalue weighted by molar-refractivity contribution is 6.85. The Bertz CT molecular complexity index is 881. The molecule has 5 heteroatoms. The molecular weight excluding hydrogens is 364 g/mol. The number of fused-ring (bicyclic) bond motifs is 3. The Balaban J connectivity index is 2.31. The molecule has 152 valence electrons. The molecule has 0 bridgehead atoms. The Kier molecular flexibility index (Phi) is 5.38. The van der Waals surface area contributed by atoms with Crippen LogP contribution in [0.2, 0.25) is 5.04 Å². The number of anilines is 2. The fraction of sp³-hybridized carbons (Fsp3) is 0.478. The molecule has 0 aromatic heterocycles. The smallest absolute Gasteiger partial charge is 0.380 e. The van der Waals surface area contributed by atoms with Gasteiger partial charge in [0, 0.05) is 64.0 Å². The van der Waals surface area contributed by atoms with Gasteiger partial charge in [0.05, 0.1) is 0 Å². The van der Waals surface area contributed by atoms with Gasteiger partial charge in [-0.15, -0.1) is 0 Å². The van der Waals surface area contributed by atoms with E-state index in [0.29, 0.717) is 0 Å². The zero-order chi connectivity index (χ0) is 20.9. The maximum Gasteiger partial charge on any atom is 0.380 e. The third kappa shape index (κ3) is 3.06. The Morgan fingerprint density at radius 3 is 1.96 bits per heavy atom. The molecule has 0 saturated carbocycles. The Morgan fingerprint density at radius 1 is 0.857 bits per heavy atom. The normalized spacial score (nSPS) is 13.3. The first-order valence-electron chi connectivity index (χ1n) is 9.82. The summed E-state index contributed by atoms with van der Waals surface area (Å²) < 4.78 is 12.6. The summed E-state index contributed by atoms with van der Waals surface area (Å²) in [5.74, 6) is 0. The summed E-state index contributed by atoms with van der Waals surface area (Å²) in [6.07, 6.45) is 0.918. The molecule has 28 heavy (non-hydrogen) atoms. The molecule has 0 radical (unpaired) electrons. The van der Waals surface area contributed by atoms with Gasteiger partial charge in [0.2, 0.25) is 0 Å². The molecule has 0 N–H and O–H groups in total. The summed E-state index contributed by atoms with van der Waals surface area (Å²) in [4.78, 5) is 4.35. The summed E-state index contributed by atoms with van der Waals surface area (Å²) in [6.45, 7) is 6.70. The maximum absolute atomic E-state index is 6.30. The highest BCUT2D eigenvalue weighted by atomic mass is 28.4. The quantitative estimate of drug-likeness (QED) is 0.603. The van der Waals surface area contributed by atoms with E-state index < -0.39 is 8.56 Å². The number of benzene rings is 2. The second-order valence-electron chi connectivity index (χ2n) is 9.07. The van der Waals surface area contributed by atoms with Gasteiger partial charge in [-0.05, 0) is 46.9 Å².